The lowest BCUT2D eigenvalue weighted by atomic mass is 9.96. The molecule has 8 nitrogen and oxygen atoms in total. The highest BCUT2D eigenvalue weighted by atomic mass is 127. The number of imidazole rings is 1. The molecule has 0 saturated heterocycles. The first kappa shape index (κ1) is 37.8. The van der Waals surface area contributed by atoms with Crippen molar-refractivity contribution in [3.8, 4) is 16.9 Å². The van der Waals surface area contributed by atoms with Gasteiger partial charge in [0.2, 0.25) is 0 Å². The van der Waals surface area contributed by atoms with Crippen LogP contribution in [0.4, 0.5) is 11.4 Å². The maximum Gasteiger partial charge on any atom is 0.251 e. The van der Waals surface area contributed by atoms with Gasteiger partial charge in [0.25, 0.3) is 5.91 Å². The normalized spacial score (nSPS) is 15.2. The first-order valence-electron chi connectivity index (χ1n) is 17.6. The maximum atomic E-state index is 13.8. The Hall–Kier alpha value is -3.48. The van der Waals surface area contributed by atoms with Gasteiger partial charge in [-0.1, -0.05) is 68.5 Å². The number of fused-ring (bicyclic) bond motifs is 1. The average molecular weight is 809 g/mol. The van der Waals surface area contributed by atoms with Gasteiger partial charge in [-0.05, 0) is 103 Å². The number of benzene rings is 3. The molecule has 0 spiro atoms. The number of alkyl halides is 1. The lowest BCUT2D eigenvalue weighted by Gasteiger charge is -2.35. The quantitative estimate of drug-likeness (QED) is 0.0527. The molecule has 2 atom stereocenters. The maximum absolute atomic E-state index is 13.8. The molecule has 0 bridgehead atoms. The minimum Gasteiger partial charge on any atom is -0.491 e. The van der Waals surface area contributed by atoms with E-state index in [1.807, 2.05) is 36.4 Å². The van der Waals surface area contributed by atoms with Crippen LogP contribution in [0.3, 0.4) is 0 Å². The smallest absolute Gasteiger partial charge is 0.251 e. The number of ether oxygens (including phenoxy) is 2. The lowest BCUT2D eigenvalue weighted by molar-refractivity contribution is -0.112. The summed E-state index contributed by atoms with van der Waals surface area (Å²) in [6.07, 6.45) is 9.12. The molecule has 1 amide bonds. The van der Waals surface area contributed by atoms with Crippen molar-refractivity contribution in [3.05, 3.63) is 96.1 Å². The number of hydrogen-bond acceptors (Lipinski definition) is 6. The van der Waals surface area contributed by atoms with Crippen LogP contribution in [0.25, 0.3) is 17.2 Å². The number of aryl methyl sites for hydroxylation is 1. The Morgan fingerprint density at radius 3 is 2.48 bits per heavy atom. The lowest BCUT2D eigenvalue weighted by Crippen LogP contribution is -2.35. The zero-order valence-electron chi connectivity index (χ0n) is 29.6. The van der Waals surface area contributed by atoms with E-state index in [2.05, 4.69) is 106 Å². The summed E-state index contributed by atoms with van der Waals surface area (Å²) in [6, 6.07) is 22.0. The minimum absolute atomic E-state index is 0.121. The molecular weight excluding hydrogens is 759 g/mol. The number of amides is 1. The summed E-state index contributed by atoms with van der Waals surface area (Å²) in [5.74, 6) is 1.58. The average Bonchev–Trinajstić information content (AvgIpc) is 3.55. The SMILES string of the molecule is CCCOCCOc1ccc(-c2ccc3c(c2)C=C(C(=O)Nc2ccc(S(=O)Cc4cncn4CCC)cc2)CCC(I)N3CC(C)C)cc1. The zero-order valence-corrected chi connectivity index (χ0v) is 32.5. The Bertz CT molecular complexity index is 1750. The van der Waals surface area contributed by atoms with Crippen molar-refractivity contribution in [3.63, 3.8) is 0 Å². The number of hydrogen-bond donors (Lipinski definition) is 1. The molecule has 1 aliphatic heterocycles. The number of anilines is 2. The minimum atomic E-state index is -1.22. The number of rotatable bonds is 16. The van der Waals surface area contributed by atoms with Gasteiger partial charge in [-0.3, -0.25) is 9.00 Å². The summed E-state index contributed by atoms with van der Waals surface area (Å²) < 4.78 is 26.8. The Morgan fingerprint density at radius 2 is 1.76 bits per heavy atom. The Morgan fingerprint density at radius 1 is 1.00 bits per heavy atom. The van der Waals surface area contributed by atoms with Crippen LogP contribution < -0.4 is 15.0 Å². The third-order valence-electron chi connectivity index (χ3n) is 8.46. The molecule has 0 aliphatic carbocycles. The van der Waals surface area contributed by atoms with Crippen LogP contribution >= 0.6 is 22.6 Å². The van der Waals surface area contributed by atoms with E-state index in [-0.39, 0.29) is 9.96 Å². The van der Waals surface area contributed by atoms with E-state index in [4.69, 9.17) is 9.47 Å². The Labute approximate surface area is 313 Å². The predicted molar refractivity (Wildman–Crippen MR) is 213 cm³/mol. The van der Waals surface area contributed by atoms with Crippen LogP contribution in [0.15, 0.2) is 89.7 Å². The van der Waals surface area contributed by atoms with Gasteiger partial charge >= 0.3 is 0 Å². The summed E-state index contributed by atoms with van der Waals surface area (Å²) in [7, 11) is -1.22. The van der Waals surface area contributed by atoms with Crippen molar-refractivity contribution in [1.29, 1.82) is 0 Å². The van der Waals surface area contributed by atoms with E-state index in [1.54, 1.807) is 12.5 Å². The molecule has 1 N–H and O–H groups in total. The second-order valence-electron chi connectivity index (χ2n) is 13.0. The van der Waals surface area contributed by atoms with Gasteiger partial charge in [0.1, 0.15) is 12.4 Å². The van der Waals surface area contributed by atoms with Gasteiger partial charge in [-0.25, -0.2) is 4.98 Å². The molecule has 50 heavy (non-hydrogen) atoms. The van der Waals surface area contributed by atoms with Gasteiger partial charge in [0, 0.05) is 47.7 Å². The van der Waals surface area contributed by atoms with Crippen LogP contribution in [0.2, 0.25) is 0 Å². The Kier molecular flexibility index (Phi) is 14.1. The van der Waals surface area contributed by atoms with Crippen molar-refractivity contribution in [2.24, 2.45) is 5.92 Å². The number of nitrogens with zero attached hydrogens (tertiary/aromatic N) is 3. The van der Waals surface area contributed by atoms with E-state index in [0.717, 1.165) is 83.2 Å². The highest BCUT2D eigenvalue weighted by Gasteiger charge is 2.25. The van der Waals surface area contributed by atoms with E-state index in [0.29, 0.717) is 37.0 Å². The summed E-state index contributed by atoms with van der Waals surface area (Å²) in [6.45, 7) is 12.3. The molecule has 2 unspecified atom stereocenters. The monoisotopic (exact) mass is 808 g/mol. The zero-order chi connectivity index (χ0) is 35.5. The highest BCUT2D eigenvalue weighted by molar-refractivity contribution is 14.1. The molecule has 5 rings (SSSR count). The van der Waals surface area contributed by atoms with Crippen LogP contribution in [-0.4, -0.2) is 50.1 Å². The van der Waals surface area contributed by atoms with Crippen LogP contribution in [0.1, 0.15) is 64.6 Å². The van der Waals surface area contributed by atoms with Crippen LogP contribution in [-0.2, 0) is 32.6 Å². The molecule has 1 aromatic heterocycles. The third-order valence-corrected chi connectivity index (χ3v) is 11.1. The van der Waals surface area contributed by atoms with Gasteiger partial charge in [-0.15, -0.1) is 0 Å². The number of nitrogens with one attached hydrogen (secondary N) is 1. The number of aromatic nitrogens is 2. The molecule has 3 aromatic carbocycles. The highest BCUT2D eigenvalue weighted by Crippen LogP contribution is 2.36. The fraction of sp³-hybridized carbons (Fsp3) is 0.400. The van der Waals surface area contributed by atoms with Gasteiger partial charge in [0.15, 0.2) is 0 Å². The molecule has 1 aliphatic rings. The molecule has 266 valence electrons. The molecule has 0 saturated carbocycles. The molecule has 2 heterocycles. The van der Waals surface area contributed by atoms with Crippen molar-refractivity contribution in [2.75, 3.05) is 36.6 Å². The molecule has 0 radical (unpaired) electrons. The van der Waals surface area contributed by atoms with Crippen molar-refractivity contribution in [1.82, 2.24) is 9.55 Å². The van der Waals surface area contributed by atoms with Gasteiger partial charge in [-0.2, -0.15) is 0 Å². The van der Waals surface area contributed by atoms with Crippen molar-refractivity contribution in [2.45, 2.75) is 74.6 Å². The summed E-state index contributed by atoms with van der Waals surface area (Å²) in [5.41, 5.74) is 6.68. The number of halogens is 1. The van der Waals surface area contributed by atoms with E-state index < -0.39 is 10.8 Å². The molecule has 0 fully saturated rings. The number of carbonyl (C=O) groups is 1. The van der Waals surface area contributed by atoms with Crippen molar-refractivity contribution < 1.29 is 18.5 Å². The fourth-order valence-corrected chi connectivity index (χ4v) is 7.93. The topological polar surface area (TPSA) is 85.7 Å². The van der Waals surface area contributed by atoms with Crippen LogP contribution in [0.5, 0.6) is 5.75 Å². The fourth-order valence-electron chi connectivity index (χ4n) is 5.98. The molecular formula is C40H49IN4O4S. The van der Waals surface area contributed by atoms with Gasteiger partial charge in [0.05, 0.1) is 39.2 Å². The Balaban J connectivity index is 1.34. The van der Waals surface area contributed by atoms with Crippen LogP contribution in [0, 0.1) is 5.92 Å². The molecule has 10 heteroatoms. The van der Waals surface area contributed by atoms with E-state index in [1.165, 1.54) is 0 Å². The standard InChI is InChI=1S/C40H49IN4O4S/c1-5-19-44-28-42-25-35(44)27-50(47)37-15-11-34(12-16-37)43-40(46)32-10-18-39(41)45(26-29(3)4)38-17-9-31(23-33(38)24-32)30-7-13-36(14-8-30)49-22-21-48-20-6-2/h7-9,11-17,23-25,28-29,39H,5-6,10,18-22,26-27H2,1-4H3,(H,43,46). The summed E-state index contributed by atoms with van der Waals surface area (Å²) >= 11 is 2.52. The first-order valence-corrected chi connectivity index (χ1v) is 20.2. The van der Waals surface area contributed by atoms with E-state index in [9.17, 15) is 9.00 Å². The second-order valence-corrected chi connectivity index (χ2v) is 15.9. The first-order chi connectivity index (χ1) is 24.2. The van der Waals surface area contributed by atoms with E-state index >= 15 is 0 Å². The van der Waals surface area contributed by atoms with Crippen molar-refractivity contribution >= 4 is 56.7 Å². The summed E-state index contributed by atoms with van der Waals surface area (Å²) in [4.78, 5) is 21.2. The predicted octanol–water partition coefficient (Wildman–Crippen LogP) is 9.11. The summed E-state index contributed by atoms with van der Waals surface area (Å²) in [5, 5.41) is 3.11. The third kappa shape index (κ3) is 10.3. The largest absolute Gasteiger partial charge is 0.491 e. The number of carbonyl (C=O) groups excluding carboxylic acids is 1. The second kappa shape index (κ2) is 18.7. The molecule has 4 aromatic rings. The van der Waals surface area contributed by atoms with Gasteiger partial charge < -0.3 is 24.3 Å².